The van der Waals surface area contributed by atoms with Gasteiger partial charge in [0.2, 0.25) is 11.2 Å². The van der Waals surface area contributed by atoms with Crippen molar-refractivity contribution in [2.75, 3.05) is 0 Å². The second-order valence-corrected chi connectivity index (χ2v) is 15.9. The standard InChI is InChI=1S/C44H54N/c1-11-28(12-2)32-22-33(29(13-3)14-4)25-44(24-32)37-21-19-30-16-15-17-36-38(30)39(37)41-40(43(36,9)10)35-23-34(42(7,8)27(5)6)20-18-31(35)26-45(41)44/h15-24,26-29H,11-14,25H2,1-10H3/q+1. The van der Waals surface area contributed by atoms with Crippen LogP contribution in [0.3, 0.4) is 0 Å². The molecule has 0 amide bonds. The molecule has 0 radical (unpaired) electrons. The van der Waals surface area contributed by atoms with E-state index in [1.165, 1.54) is 80.7 Å². The fraction of sp³-hybridized carbons (Fsp3) is 0.477. The topological polar surface area (TPSA) is 3.88 Å². The Labute approximate surface area is 272 Å². The highest BCUT2D eigenvalue weighted by molar-refractivity contribution is 6.07. The van der Waals surface area contributed by atoms with Crippen molar-refractivity contribution in [2.24, 2.45) is 17.8 Å². The smallest absolute Gasteiger partial charge is 0.183 e. The lowest BCUT2D eigenvalue weighted by atomic mass is 9.67. The molecule has 7 rings (SSSR count). The number of hydrogen-bond donors (Lipinski definition) is 0. The predicted molar refractivity (Wildman–Crippen MR) is 193 cm³/mol. The summed E-state index contributed by atoms with van der Waals surface area (Å²) in [6.07, 6.45) is 13.7. The molecule has 1 spiro atoms. The molecular formula is C44H54N+. The molecule has 1 heteroatoms. The van der Waals surface area contributed by atoms with Crippen molar-refractivity contribution in [3.8, 4) is 11.3 Å². The highest BCUT2D eigenvalue weighted by Gasteiger charge is 2.57. The van der Waals surface area contributed by atoms with Gasteiger partial charge in [-0.05, 0) is 94.5 Å². The van der Waals surface area contributed by atoms with Crippen molar-refractivity contribution in [3.63, 3.8) is 0 Å². The molecule has 0 saturated carbocycles. The van der Waals surface area contributed by atoms with Crippen LogP contribution in [0.5, 0.6) is 0 Å². The van der Waals surface area contributed by atoms with Gasteiger partial charge in [0.1, 0.15) is 0 Å². The first-order valence-corrected chi connectivity index (χ1v) is 18.0. The molecule has 4 aromatic rings. The molecule has 45 heavy (non-hydrogen) atoms. The van der Waals surface area contributed by atoms with Crippen LogP contribution in [0.4, 0.5) is 0 Å². The van der Waals surface area contributed by atoms with Gasteiger partial charge in [-0.25, -0.2) is 0 Å². The average molecular weight is 597 g/mol. The maximum Gasteiger partial charge on any atom is 0.219 e. The molecule has 1 unspecified atom stereocenters. The molecule has 1 nitrogen and oxygen atoms in total. The van der Waals surface area contributed by atoms with Crippen LogP contribution in [-0.2, 0) is 16.4 Å². The molecule has 1 aliphatic heterocycles. The Balaban J connectivity index is 1.64. The predicted octanol–water partition coefficient (Wildman–Crippen LogP) is 11.7. The largest absolute Gasteiger partial charge is 0.219 e. The van der Waals surface area contributed by atoms with E-state index < -0.39 is 0 Å². The van der Waals surface area contributed by atoms with Gasteiger partial charge in [0.05, 0.1) is 5.56 Å². The highest BCUT2D eigenvalue weighted by Crippen LogP contribution is 2.58. The van der Waals surface area contributed by atoms with Gasteiger partial charge in [-0.1, -0.05) is 117 Å². The third-order valence-electron chi connectivity index (χ3n) is 12.9. The molecular weight excluding hydrogens is 542 g/mol. The van der Waals surface area contributed by atoms with E-state index in [4.69, 9.17) is 0 Å². The normalized spacial score (nSPS) is 19.8. The molecule has 0 bridgehead atoms. The van der Waals surface area contributed by atoms with Crippen molar-refractivity contribution in [1.82, 2.24) is 0 Å². The first-order chi connectivity index (χ1) is 21.4. The molecule has 234 valence electrons. The van der Waals surface area contributed by atoms with E-state index in [0.717, 1.165) is 6.42 Å². The number of aromatic nitrogens is 1. The number of benzene rings is 3. The van der Waals surface area contributed by atoms with Crippen LogP contribution < -0.4 is 4.57 Å². The summed E-state index contributed by atoms with van der Waals surface area (Å²) in [4.78, 5) is 0. The highest BCUT2D eigenvalue weighted by atomic mass is 15.1. The molecule has 0 saturated heterocycles. The van der Waals surface area contributed by atoms with Crippen molar-refractivity contribution >= 4 is 21.5 Å². The number of allylic oxidation sites excluding steroid dienone is 4. The number of nitrogens with zero attached hydrogens (tertiary/aromatic N) is 1. The van der Waals surface area contributed by atoms with Gasteiger partial charge in [0.15, 0.2) is 6.20 Å². The molecule has 2 aliphatic carbocycles. The van der Waals surface area contributed by atoms with Gasteiger partial charge >= 0.3 is 0 Å². The van der Waals surface area contributed by atoms with E-state index in [2.05, 4.69) is 141 Å². The summed E-state index contributed by atoms with van der Waals surface area (Å²) in [5.41, 5.74) is 11.9. The minimum absolute atomic E-state index is 0.0987. The average Bonchev–Trinajstić information content (AvgIpc) is 3.27. The first-order valence-electron chi connectivity index (χ1n) is 18.0. The van der Waals surface area contributed by atoms with Gasteiger partial charge in [-0.15, -0.1) is 0 Å². The van der Waals surface area contributed by atoms with E-state index in [1.807, 2.05) is 0 Å². The molecule has 2 heterocycles. The zero-order valence-electron chi connectivity index (χ0n) is 29.6. The summed E-state index contributed by atoms with van der Waals surface area (Å²) >= 11 is 0. The van der Waals surface area contributed by atoms with Crippen molar-refractivity contribution < 1.29 is 4.57 Å². The maximum atomic E-state index is 2.78. The van der Waals surface area contributed by atoms with E-state index >= 15 is 0 Å². The summed E-state index contributed by atoms with van der Waals surface area (Å²) in [6.45, 7) is 24.1. The van der Waals surface area contributed by atoms with Gasteiger partial charge in [-0.2, -0.15) is 4.57 Å². The SMILES string of the molecule is CCC(CC)C1=CC2(CC(C(CC)CC)=C1)c1ccc3cccc4c3c1-c1c(c3cc(C(C)(C)C(C)C)ccc3c[n+]12)C4(C)C. The number of rotatable bonds is 8. The van der Waals surface area contributed by atoms with E-state index in [0.29, 0.717) is 17.8 Å². The van der Waals surface area contributed by atoms with Crippen LogP contribution in [0.1, 0.15) is 124 Å². The van der Waals surface area contributed by atoms with E-state index in [-0.39, 0.29) is 16.4 Å². The third kappa shape index (κ3) is 4.08. The second kappa shape index (κ2) is 10.4. The van der Waals surface area contributed by atoms with Gasteiger partial charge in [-0.3, -0.25) is 0 Å². The lowest BCUT2D eigenvalue weighted by Crippen LogP contribution is -2.55. The fourth-order valence-corrected chi connectivity index (χ4v) is 9.38. The van der Waals surface area contributed by atoms with Crippen molar-refractivity contribution in [3.05, 3.63) is 100 Å². The summed E-state index contributed by atoms with van der Waals surface area (Å²) < 4.78 is 2.78. The zero-order chi connectivity index (χ0) is 32.1. The Morgan fingerprint density at radius 2 is 1.51 bits per heavy atom. The summed E-state index contributed by atoms with van der Waals surface area (Å²) in [5, 5.41) is 5.65. The Kier molecular flexibility index (Phi) is 7.05. The van der Waals surface area contributed by atoms with Crippen LogP contribution in [-0.4, -0.2) is 0 Å². The van der Waals surface area contributed by atoms with E-state index in [1.54, 1.807) is 11.1 Å². The molecule has 1 aromatic heterocycles. The molecule has 3 aliphatic rings. The fourth-order valence-electron chi connectivity index (χ4n) is 9.38. The minimum atomic E-state index is -0.213. The van der Waals surface area contributed by atoms with Crippen LogP contribution in [0, 0.1) is 17.8 Å². The lowest BCUT2D eigenvalue weighted by Gasteiger charge is -2.35. The second-order valence-electron chi connectivity index (χ2n) is 15.9. The van der Waals surface area contributed by atoms with Crippen LogP contribution in [0.2, 0.25) is 0 Å². The van der Waals surface area contributed by atoms with Crippen molar-refractivity contribution in [2.45, 2.75) is 118 Å². The number of pyridine rings is 1. The van der Waals surface area contributed by atoms with Gasteiger partial charge in [0, 0.05) is 33.7 Å². The van der Waals surface area contributed by atoms with Crippen LogP contribution in [0.25, 0.3) is 32.8 Å². The monoisotopic (exact) mass is 596 g/mol. The number of fused-ring (bicyclic) bond motifs is 4. The molecule has 0 fully saturated rings. The zero-order valence-corrected chi connectivity index (χ0v) is 29.6. The first kappa shape index (κ1) is 30.5. The molecule has 3 aromatic carbocycles. The summed E-state index contributed by atoms with van der Waals surface area (Å²) in [5.74, 6) is 1.75. The third-order valence-corrected chi connectivity index (χ3v) is 12.9. The minimum Gasteiger partial charge on any atom is -0.183 e. The van der Waals surface area contributed by atoms with Crippen LogP contribution in [0.15, 0.2) is 78.0 Å². The van der Waals surface area contributed by atoms with Crippen LogP contribution >= 0.6 is 0 Å². The van der Waals surface area contributed by atoms with Gasteiger partial charge < -0.3 is 0 Å². The Bertz CT molecular complexity index is 1900. The van der Waals surface area contributed by atoms with E-state index in [9.17, 15) is 0 Å². The Morgan fingerprint density at radius 3 is 2.18 bits per heavy atom. The van der Waals surface area contributed by atoms with Gasteiger partial charge in [0.25, 0.3) is 0 Å². The summed E-state index contributed by atoms with van der Waals surface area (Å²) in [6, 6.07) is 19.4. The quantitative estimate of drug-likeness (QED) is 0.178. The number of hydrogen-bond acceptors (Lipinski definition) is 0. The lowest BCUT2D eigenvalue weighted by molar-refractivity contribution is -0.726. The van der Waals surface area contributed by atoms with Crippen molar-refractivity contribution in [1.29, 1.82) is 0 Å². The molecule has 0 N–H and O–H groups in total. The summed E-state index contributed by atoms with van der Waals surface area (Å²) in [7, 11) is 0. The molecule has 1 atom stereocenters. The Hall–Kier alpha value is -3.19. The maximum absolute atomic E-state index is 2.78. The Morgan fingerprint density at radius 1 is 0.822 bits per heavy atom.